The summed E-state index contributed by atoms with van der Waals surface area (Å²) in [6.45, 7) is 3.60. The van der Waals surface area contributed by atoms with Crippen molar-refractivity contribution < 1.29 is 13.2 Å². The number of sulfone groups is 1. The summed E-state index contributed by atoms with van der Waals surface area (Å²) >= 11 is 11.9. The van der Waals surface area contributed by atoms with E-state index in [0.29, 0.717) is 49.1 Å². The predicted octanol–water partition coefficient (Wildman–Crippen LogP) is 2.51. The largest absolute Gasteiger partial charge is 0.337 e. The number of carbonyl (C=O) groups excluding carboxylic acids is 1. The molecule has 1 aromatic carbocycles. The molecule has 0 unspecified atom stereocenters. The number of amides is 1. The molecular weight excluding hydrogens is 371 g/mol. The summed E-state index contributed by atoms with van der Waals surface area (Å²) in [6, 6.07) is 5.17. The topological polar surface area (TPSA) is 66.5 Å². The minimum Gasteiger partial charge on any atom is -0.337 e. The second-order valence-corrected chi connectivity index (χ2v) is 9.22. The highest BCUT2D eigenvalue weighted by atomic mass is 35.5. The van der Waals surface area contributed by atoms with E-state index in [1.807, 2.05) is 6.92 Å². The van der Waals surface area contributed by atoms with Crippen molar-refractivity contribution in [3.8, 4) is 0 Å². The first-order valence-electron chi connectivity index (χ1n) is 7.85. The molecule has 2 rings (SSSR count). The quantitative estimate of drug-likeness (QED) is 0.835. The zero-order valence-electron chi connectivity index (χ0n) is 13.8. The number of rotatable bonds is 5. The van der Waals surface area contributed by atoms with Gasteiger partial charge in [-0.25, -0.2) is 8.42 Å². The second kappa shape index (κ2) is 7.60. The van der Waals surface area contributed by atoms with Crippen LogP contribution >= 0.6 is 23.2 Å². The Hall–Kier alpha value is -0.820. The first-order valence-corrected chi connectivity index (χ1v) is 10.5. The maximum absolute atomic E-state index is 13.1. The summed E-state index contributed by atoms with van der Waals surface area (Å²) < 4.78 is 23.5. The lowest BCUT2D eigenvalue weighted by Gasteiger charge is -2.38. The van der Waals surface area contributed by atoms with Crippen molar-refractivity contribution in [2.24, 2.45) is 0 Å². The van der Waals surface area contributed by atoms with Gasteiger partial charge in [0.2, 0.25) is 5.91 Å². The van der Waals surface area contributed by atoms with E-state index in [9.17, 15) is 13.2 Å². The molecule has 1 aromatic rings. The van der Waals surface area contributed by atoms with Gasteiger partial charge in [0.25, 0.3) is 0 Å². The van der Waals surface area contributed by atoms with Crippen LogP contribution < -0.4 is 5.32 Å². The van der Waals surface area contributed by atoms with E-state index in [0.717, 1.165) is 11.8 Å². The molecule has 1 aliphatic heterocycles. The molecule has 0 bridgehead atoms. The number of piperidine rings is 1. The van der Waals surface area contributed by atoms with Crippen LogP contribution in [0.3, 0.4) is 0 Å². The van der Waals surface area contributed by atoms with Crippen molar-refractivity contribution >= 4 is 38.9 Å². The minimum atomic E-state index is -3.53. The SMILES string of the molecule is CCN(Cc1ccc(Cl)c(Cl)c1)C(=O)C1(S(C)(=O)=O)CCNCC1. The Balaban J connectivity index is 2.30. The van der Waals surface area contributed by atoms with Gasteiger partial charge in [-0.3, -0.25) is 4.79 Å². The van der Waals surface area contributed by atoms with Crippen LogP contribution in [-0.2, 0) is 21.2 Å². The zero-order chi connectivity index (χ0) is 18.0. The highest BCUT2D eigenvalue weighted by Crippen LogP contribution is 2.31. The smallest absolute Gasteiger partial charge is 0.244 e. The fourth-order valence-electron chi connectivity index (χ4n) is 3.05. The van der Waals surface area contributed by atoms with Crippen molar-refractivity contribution in [1.82, 2.24) is 10.2 Å². The van der Waals surface area contributed by atoms with Crippen LogP contribution in [0, 0.1) is 0 Å². The fraction of sp³-hybridized carbons (Fsp3) is 0.562. The molecule has 0 spiro atoms. The van der Waals surface area contributed by atoms with Crippen molar-refractivity contribution in [2.45, 2.75) is 31.1 Å². The summed E-state index contributed by atoms with van der Waals surface area (Å²) in [6.07, 6.45) is 1.74. The van der Waals surface area contributed by atoms with E-state index in [2.05, 4.69) is 5.32 Å². The van der Waals surface area contributed by atoms with Crippen LogP contribution in [0.5, 0.6) is 0 Å². The summed E-state index contributed by atoms with van der Waals surface area (Å²) in [5.41, 5.74) is 0.817. The lowest BCUT2D eigenvalue weighted by Crippen LogP contribution is -2.58. The number of nitrogens with one attached hydrogen (secondary N) is 1. The van der Waals surface area contributed by atoms with Gasteiger partial charge in [-0.1, -0.05) is 29.3 Å². The predicted molar refractivity (Wildman–Crippen MR) is 97.2 cm³/mol. The molecule has 1 N–H and O–H groups in total. The van der Waals surface area contributed by atoms with Gasteiger partial charge >= 0.3 is 0 Å². The van der Waals surface area contributed by atoms with Crippen molar-refractivity contribution in [2.75, 3.05) is 25.9 Å². The summed E-state index contributed by atoms with van der Waals surface area (Å²) in [5.74, 6) is -0.333. The van der Waals surface area contributed by atoms with Gasteiger partial charge in [0.05, 0.1) is 10.0 Å². The average Bonchev–Trinajstić information content (AvgIpc) is 2.55. The maximum atomic E-state index is 13.1. The molecular formula is C16H22Cl2N2O3S. The third-order valence-corrected chi connectivity index (χ3v) is 7.28. The van der Waals surface area contributed by atoms with Crippen LogP contribution in [0.4, 0.5) is 0 Å². The van der Waals surface area contributed by atoms with Gasteiger partial charge in [0, 0.05) is 19.3 Å². The summed E-state index contributed by atoms with van der Waals surface area (Å²) in [7, 11) is -3.53. The first-order chi connectivity index (χ1) is 11.2. The highest BCUT2D eigenvalue weighted by molar-refractivity contribution is 7.92. The minimum absolute atomic E-state index is 0.294. The number of halogens is 2. The Bertz CT molecular complexity index is 716. The molecule has 0 aromatic heterocycles. The molecule has 0 aliphatic carbocycles. The number of hydrogen-bond acceptors (Lipinski definition) is 4. The van der Waals surface area contributed by atoms with E-state index in [1.54, 1.807) is 23.1 Å². The molecule has 5 nitrogen and oxygen atoms in total. The van der Waals surface area contributed by atoms with E-state index in [4.69, 9.17) is 23.2 Å². The van der Waals surface area contributed by atoms with E-state index < -0.39 is 14.6 Å². The van der Waals surface area contributed by atoms with Gasteiger partial charge in [-0.15, -0.1) is 0 Å². The molecule has 1 saturated heterocycles. The molecule has 0 atom stereocenters. The van der Waals surface area contributed by atoms with E-state index in [-0.39, 0.29) is 5.91 Å². The Kier molecular flexibility index (Phi) is 6.18. The van der Waals surface area contributed by atoms with Gasteiger partial charge in [-0.05, 0) is 50.6 Å². The first kappa shape index (κ1) is 19.5. The lowest BCUT2D eigenvalue weighted by atomic mass is 9.95. The molecule has 134 valence electrons. The van der Waals surface area contributed by atoms with Gasteiger partial charge < -0.3 is 10.2 Å². The molecule has 1 aliphatic rings. The number of carbonyl (C=O) groups is 1. The van der Waals surface area contributed by atoms with Crippen molar-refractivity contribution in [3.63, 3.8) is 0 Å². The van der Waals surface area contributed by atoms with E-state index >= 15 is 0 Å². The van der Waals surface area contributed by atoms with Gasteiger partial charge in [0.1, 0.15) is 0 Å². The van der Waals surface area contributed by atoms with Gasteiger partial charge in [-0.2, -0.15) is 0 Å². The molecule has 24 heavy (non-hydrogen) atoms. The van der Waals surface area contributed by atoms with Crippen LogP contribution in [0.2, 0.25) is 10.0 Å². The van der Waals surface area contributed by atoms with Crippen LogP contribution in [0.25, 0.3) is 0 Å². The highest BCUT2D eigenvalue weighted by Gasteiger charge is 2.50. The summed E-state index contributed by atoms with van der Waals surface area (Å²) in [5, 5.41) is 3.98. The number of hydrogen-bond donors (Lipinski definition) is 1. The normalized spacial score (nSPS) is 17.5. The molecule has 1 fully saturated rings. The van der Waals surface area contributed by atoms with Crippen LogP contribution in [0.15, 0.2) is 18.2 Å². The molecule has 1 amide bonds. The molecule has 8 heteroatoms. The Labute approximate surface area is 153 Å². The Morgan fingerprint density at radius 1 is 1.25 bits per heavy atom. The third kappa shape index (κ3) is 3.87. The Morgan fingerprint density at radius 2 is 1.88 bits per heavy atom. The monoisotopic (exact) mass is 392 g/mol. The lowest BCUT2D eigenvalue weighted by molar-refractivity contribution is -0.135. The number of benzene rings is 1. The van der Waals surface area contributed by atoms with Crippen molar-refractivity contribution in [1.29, 1.82) is 0 Å². The molecule has 0 saturated carbocycles. The standard InChI is InChI=1S/C16H22Cl2N2O3S/c1-3-20(11-12-4-5-13(17)14(18)10-12)15(21)16(24(2,22)23)6-8-19-9-7-16/h4-5,10,19H,3,6-9,11H2,1-2H3. The fourth-order valence-corrected chi connectivity index (χ4v) is 4.76. The van der Waals surface area contributed by atoms with Crippen molar-refractivity contribution in [3.05, 3.63) is 33.8 Å². The molecule has 1 heterocycles. The second-order valence-electron chi connectivity index (χ2n) is 6.08. The van der Waals surface area contributed by atoms with E-state index in [1.165, 1.54) is 0 Å². The average molecular weight is 393 g/mol. The number of nitrogens with zero attached hydrogens (tertiary/aromatic N) is 1. The molecule has 0 radical (unpaired) electrons. The maximum Gasteiger partial charge on any atom is 0.244 e. The van der Waals surface area contributed by atoms with Crippen LogP contribution in [-0.4, -0.2) is 49.9 Å². The third-order valence-electron chi connectivity index (χ3n) is 4.54. The Morgan fingerprint density at radius 3 is 2.38 bits per heavy atom. The van der Waals surface area contributed by atoms with Gasteiger partial charge in [0.15, 0.2) is 14.6 Å². The zero-order valence-corrected chi connectivity index (χ0v) is 16.1. The van der Waals surface area contributed by atoms with Crippen LogP contribution in [0.1, 0.15) is 25.3 Å². The summed E-state index contributed by atoms with van der Waals surface area (Å²) in [4.78, 5) is 14.7.